The first kappa shape index (κ1) is 16.5. The van der Waals surface area contributed by atoms with Crippen molar-refractivity contribution >= 4 is 11.8 Å². The van der Waals surface area contributed by atoms with E-state index in [4.69, 9.17) is 0 Å². The zero-order chi connectivity index (χ0) is 17.1. The Morgan fingerprint density at radius 2 is 2.12 bits per heavy atom. The molecule has 1 aliphatic rings. The fourth-order valence-corrected chi connectivity index (χ4v) is 2.99. The highest BCUT2D eigenvalue weighted by Gasteiger charge is 2.26. The van der Waals surface area contributed by atoms with E-state index in [0.29, 0.717) is 18.9 Å². The average Bonchev–Trinajstić information content (AvgIpc) is 3.22. The Morgan fingerprint density at radius 3 is 2.75 bits per heavy atom. The Labute approximate surface area is 142 Å². The first-order valence-corrected chi connectivity index (χ1v) is 8.40. The number of aliphatic hydroxyl groups excluding tert-OH is 1. The summed E-state index contributed by atoms with van der Waals surface area (Å²) in [5, 5.41) is 16.8. The number of nitrogens with one attached hydrogen (secondary N) is 1. The molecule has 1 unspecified atom stereocenters. The van der Waals surface area contributed by atoms with Gasteiger partial charge in [-0.05, 0) is 20.3 Å². The third-order valence-corrected chi connectivity index (χ3v) is 4.36. The van der Waals surface area contributed by atoms with Crippen LogP contribution in [0.5, 0.6) is 0 Å². The summed E-state index contributed by atoms with van der Waals surface area (Å²) in [7, 11) is 0. The van der Waals surface area contributed by atoms with E-state index >= 15 is 0 Å². The molecule has 2 amide bonds. The first-order valence-electron chi connectivity index (χ1n) is 8.40. The number of carbonyl (C=O) groups excluding carboxylic acids is 1. The summed E-state index contributed by atoms with van der Waals surface area (Å²) in [5.41, 5.74) is 1.86. The van der Waals surface area contributed by atoms with Gasteiger partial charge in [0.25, 0.3) is 0 Å². The Morgan fingerprint density at radius 1 is 1.38 bits per heavy atom. The van der Waals surface area contributed by atoms with Gasteiger partial charge in [0.15, 0.2) is 0 Å². The van der Waals surface area contributed by atoms with Crippen LogP contribution in [0, 0.1) is 5.92 Å². The van der Waals surface area contributed by atoms with E-state index in [-0.39, 0.29) is 24.6 Å². The third kappa shape index (κ3) is 3.43. The van der Waals surface area contributed by atoms with Crippen molar-refractivity contribution in [2.24, 2.45) is 5.92 Å². The highest BCUT2D eigenvalue weighted by Crippen LogP contribution is 2.25. The lowest BCUT2D eigenvalue weighted by molar-refractivity contribution is 0.208. The van der Waals surface area contributed by atoms with E-state index in [0.717, 1.165) is 17.7 Å². The number of likely N-dealkylation sites (tertiary alicyclic amines) is 1. The Kier molecular flexibility index (Phi) is 4.85. The van der Waals surface area contributed by atoms with Gasteiger partial charge in [-0.2, -0.15) is 5.10 Å². The van der Waals surface area contributed by atoms with Crippen molar-refractivity contribution in [2.45, 2.75) is 26.3 Å². The number of carbonyl (C=O) groups is 1. The maximum Gasteiger partial charge on any atom is 0.323 e. The van der Waals surface area contributed by atoms with Crippen molar-refractivity contribution in [2.75, 3.05) is 25.0 Å². The van der Waals surface area contributed by atoms with E-state index in [1.807, 2.05) is 54.9 Å². The monoisotopic (exact) mass is 328 g/mol. The fourth-order valence-electron chi connectivity index (χ4n) is 2.99. The molecule has 1 aromatic carbocycles. The average molecular weight is 328 g/mol. The molecule has 0 spiro atoms. The van der Waals surface area contributed by atoms with Gasteiger partial charge in [-0.15, -0.1) is 0 Å². The van der Waals surface area contributed by atoms with Gasteiger partial charge in [-0.25, -0.2) is 9.48 Å². The zero-order valence-electron chi connectivity index (χ0n) is 14.1. The number of hydrogen-bond acceptors (Lipinski definition) is 3. The molecule has 24 heavy (non-hydrogen) atoms. The van der Waals surface area contributed by atoms with E-state index in [1.165, 1.54) is 0 Å². The largest absolute Gasteiger partial charge is 0.396 e. The van der Waals surface area contributed by atoms with E-state index in [2.05, 4.69) is 10.4 Å². The molecule has 1 saturated heterocycles. The Hall–Kier alpha value is -2.34. The van der Waals surface area contributed by atoms with Gasteiger partial charge >= 0.3 is 6.03 Å². The number of nitrogens with zero attached hydrogens (tertiary/aromatic N) is 3. The molecule has 0 saturated carbocycles. The Balaban J connectivity index is 1.79. The number of urea groups is 1. The minimum Gasteiger partial charge on any atom is -0.396 e. The number of rotatable bonds is 4. The molecule has 0 bridgehead atoms. The lowest BCUT2D eigenvalue weighted by Crippen LogP contribution is -2.34. The van der Waals surface area contributed by atoms with Gasteiger partial charge in [0.05, 0.1) is 5.69 Å². The molecule has 128 valence electrons. The zero-order valence-corrected chi connectivity index (χ0v) is 14.1. The van der Waals surface area contributed by atoms with Crippen molar-refractivity contribution in [3.63, 3.8) is 0 Å². The van der Waals surface area contributed by atoms with Gasteiger partial charge in [-0.3, -0.25) is 5.32 Å². The number of aliphatic hydroxyl groups is 1. The van der Waals surface area contributed by atoms with E-state index in [9.17, 15) is 9.90 Å². The molecular formula is C18H24N4O2. The van der Waals surface area contributed by atoms with Crippen molar-refractivity contribution in [1.82, 2.24) is 14.7 Å². The summed E-state index contributed by atoms with van der Waals surface area (Å²) in [6.45, 7) is 5.48. The first-order chi connectivity index (χ1) is 11.6. The van der Waals surface area contributed by atoms with Gasteiger partial charge in [0, 0.05) is 43.3 Å². The Bertz CT molecular complexity index is 696. The van der Waals surface area contributed by atoms with Crippen LogP contribution in [-0.4, -0.2) is 45.5 Å². The lowest BCUT2D eigenvalue weighted by Gasteiger charge is -2.18. The molecular weight excluding hydrogens is 304 g/mol. The predicted molar refractivity (Wildman–Crippen MR) is 93.8 cm³/mol. The molecule has 0 radical (unpaired) electrons. The maximum atomic E-state index is 12.5. The molecule has 2 aromatic rings. The predicted octanol–water partition coefficient (Wildman–Crippen LogP) is 2.98. The fraction of sp³-hybridized carbons (Fsp3) is 0.444. The SMILES string of the molecule is CC(C)n1nc(-c2ccccc2)cc1NC(=O)N1CCC(CO)C1. The summed E-state index contributed by atoms with van der Waals surface area (Å²) >= 11 is 0. The minimum absolute atomic E-state index is 0.131. The maximum absolute atomic E-state index is 12.5. The van der Waals surface area contributed by atoms with Crippen molar-refractivity contribution in [1.29, 1.82) is 0 Å². The molecule has 1 atom stereocenters. The minimum atomic E-state index is -0.132. The molecule has 2 heterocycles. The van der Waals surface area contributed by atoms with Gasteiger partial charge in [-0.1, -0.05) is 30.3 Å². The number of hydrogen-bond donors (Lipinski definition) is 2. The molecule has 1 aliphatic heterocycles. The smallest absolute Gasteiger partial charge is 0.323 e. The molecule has 6 heteroatoms. The van der Waals surface area contributed by atoms with Crippen LogP contribution in [0.15, 0.2) is 36.4 Å². The number of benzene rings is 1. The molecule has 3 rings (SSSR count). The van der Waals surface area contributed by atoms with E-state index in [1.54, 1.807) is 4.90 Å². The second-order valence-electron chi connectivity index (χ2n) is 6.53. The summed E-state index contributed by atoms with van der Waals surface area (Å²) < 4.78 is 1.83. The van der Waals surface area contributed by atoms with Crippen molar-refractivity contribution in [3.05, 3.63) is 36.4 Å². The summed E-state index contributed by atoms with van der Waals surface area (Å²) in [6.07, 6.45) is 0.850. The molecule has 1 aromatic heterocycles. The molecule has 0 aliphatic carbocycles. The molecule has 2 N–H and O–H groups in total. The summed E-state index contributed by atoms with van der Waals surface area (Å²) in [4.78, 5) is 14.2. The quantitative estimate of drug-likeness (QED) is 0.906. The van der Waals surface area contributed by atoms with Crippen LogP contribution in [-0.2, 0) is 0 Å². The van der Waals surface area contributed by atoms with Crippen LogP contribution in [0.3, 0.4) is 0 Å². The third-order valence-electron chi connectivity index (χ3n) is 4.36. The van der Waals surface area contributed by atoms with Gasteiger partial charge in [0.1, 0.15) is 5.82 Å². The summed E-state index contributed by atoms with van der Waals surface area (Å²) in [6, 6.07) is 11.8. The standard InChI is InChI=1S/C18H24N4O2/c1-13(2)22-17(10-16(20-22)15-6-4-3-5-7-15)19-18(24)21-9-8-14(11-21)12-23/h3-7,10,13-14,23H,8-9,11-12H2,1-2H3,(H,19,24). The van der Waals surface area contributed by atoms with Crippen molar-refractivity contribution < 1.29 is 9.90 Å². The molecule has 1 fully saturated rings. The highest BCUT2D eigenvalue weighted by molar-refractivity contribution is 5.89. The van der Waals surface area contributed by atoms with Crippen LogP contribution < -0.4 is 5.32 Å². The normalized spacial score (nSPS) is 17.5. The van der Waals surface area contributed by atoms with Crippen molar-refractivity contribution in [3.8, 4) is 11.3 Å². The number of aromatic nitrogens is 2. The van der Waals surface area contributed by atoms with Crippen LogP contribution in [0.25, 0.3) is 11.3 Å². The topological polar surface area (TPSA) is 70.4 Å². The van der Waals surface area contributed by atoms with Crippen LogP contribution in [0.4, 0.5) is 10.6 Å². The number of amides is 2. The van der Waals surface area contributed by atoms with Gasteiger partial charge in [0.2, 0.25) is 0 Å². The summed E-state index contributed by atoms with van der Waals surface area (Å²) in [5.74, 6) is 0.881. The second-order valence-corrected chi connectivity index (χ2v) is 6.53. The van der Waals surface area contributed by atoms with Crippen LogP contribution in [0.2, 0.25) is 0 Å². The van der Waals surface area contributed by atoms with Crippen LogP contribution in [0.1, 0.15) is 26.3 Å². The number of anilines is 1. The van der Waals surface area contributed by atoms with Crippen LogP contribution >= 0.6 is 0 Å². The highest BCUT2D eigenvalue weighted by atomic mass is 16.3. The lowest BCUT2D eigenvalue weighted by atomic mass is 10.1. The van der Waals surface area contributed by atoms with Gasteiger partial charge < -0.3 is 10.0 Å². The van der Waals surface area contributed by atoms with E-state index < -0.39 is 0 Å². The second kappa shape index (κ2) is 7.05. The molecule has 6 nitrogen and oxygen atoms in total.